The third kappa shape index (κ3) is 2.88. The molecule has 0 spiro atoms. The highest BCUT2D eigenvalue weighted by Gasteiger charge is 1.95. The van der Waals surface area contributed by atoms with Gasteiger partial charge in [0.1, 0.15) is 0 Å². The molecule has 0 aromatic rings. The zero-order valence-electron chi connectivity index (χ0n) is 3.39. The van der Waals surface area contributed by atoms with Crippen LogP contribution in [0, 0.1) is 0 Å². The second-order valence-corrected chi connectivity index (χ2v) is 0.720. The van der Waals surface area contributed by atoms with Crippen LogP contribution >= 0.6 is 0 Å². The van der Waals surface area contributed by atoms with Crippen LogP contribution in [0.4, 0.5) is 4.39 Å². The second-order valence-electron chi connectivity index (χ2n) is 0.720. The third-order valence-corrected chi connectivity index (χ3v) is 0.289. The van der Waals surface area contributed by atoms with E-state index in [4.69, 9.17) is 4.79 Å². The van der Waals surface area contributed by atoms with Gasteiger partial charge in [-0.15, -0.1) is 0 Å². The van der Waals surface area contributed by atoms with Gasteiger partial charge < -0.3 is 4.74 Å². The summed E-state index contributed by atoms with van der Waals surface area (Å²) < 4.78 is 14.4. The molecule has 0 fully saturated rings. The van der Waals surface area contributed by atoms with Crippen LogP contribution in [0.2, 0.25) is 0 Å². The van der Waals surface area contributed by atoms with E-state index >= 15 is 0 Å². The molecule has 0 aromatic heterocycles. The summed E-state index contributed by atoms with van der Waals surface area (Å²) in [5.41, 5.74) is 0. The summed E-state index contributed by atoms with van der Waals surface area (Å²) >= 11 is 0. The van der Waals surface area contributed by atoms with E-state index in [-0.39, 0.29) is 6.47 Å². The highest BCUT2D eigenvalue weighted by atomic mass is 19.1. The van der Waals surface area contributed by atoms with Crippen molar-refractivity contribution in [2.45, 2.75) is 0 Å². The Hall–Kier alpha value is -0.930. The van der Waals surface area contributed by atoms with E-state index in [0.29, 0.717) is 0 Å². The van der Waals surface area contributed by atoms with Gasteiger partial charge in [-0.3, -0.25) is 4.79 Å². The predicted molar refractivity (Wildman–Crippen MR) is 18.1 cm³/mol. The van der Waals surface area contributed by atoms with E-state index < -0.39 is 12.6 Å². The zero-order valence-corrected chi connectivity index (χ0v) is 3.39. The lowest BCUT2D eigenvalue weighted by Gasteiger charge is -1.83. The summed E-state index contributed by atoms with van der Waals surface area (Å²) in [6.07, 6.45) is 0. The van der Waals surface area contributed by atoms with E-state index in [0.717, 1.165) is 0 Å². The molecule has 0 amide bonds. The Balaban J connectivity index is 3.17. The summed E-state index contributed by atoms with van der Waals surface area (Å²) in [4.78, 5) is 18.7. The molecule has 40 valence electrons. The van der Waals surface area contributed by atoms with Crippen LogP contribution in [0.3, 0.4) is 0 Å². The molecule has 0 saturated heterocycles. The van der Waals surface area contributed by atoms with Gasteiger partial charge in [-0.25, -0.2) is 9.18 Å². The highest BCUT2D eigenvalue weighted by Crippen LogP contribution is 1.71. The maximum Gasteiger partial charge on any atom is 0.345 e. The normalized spacial score (nSPS) is 7.57. The van der Waals surface area contributed by atoms with Crippen molar-refractivity contribution in [3.8, 4) is 0 Å². The minimum atomic E-state index is -1.25. The van der Waals surface area contributed by atoms with E-state index in [1.165, 1.54) is 0 Å². The molecule has 0 saturated carbocycles. The first-order chi connectivity index (χ1) is 3.31. The number of rotatable bonds is 2. The van der Waals surface area contributed by atoms with Gasteiger partial charge in [0.05, 0.1) is 0 Å². The molecular weight excluding hydrogens is 103 g/mol. The maximum absolute atomic E-state index is 10.9. The van der Waals surface area contributed by atoms with Gasteiger partial charge in [0.2, 0.25) is 0 Å². The molecule has 0 rings (SSSR count). The minimum Gasteiger partial charge on any atom is -0.394 e. The Morgan fingerprint density at radius 3 is 2.57 bits per heavy atom. The van der Waals surface area contributed by atoms with Crippen LogP contribution in [0.1, 0.15) is 0 Å². The smallest absolute Gasteiger partial charge is 0.345 e. The number of hydrogen-bond donors (Lipinski definition) is 0. The van der Waals surface area contributed by atoms with E-state index in [1.807, 2.05) is 0 Å². The number of alkyl halides is 1. The van der Waals surface area contributed by atoms with Crippen molar-refractivity contribution in [2.24, 2.45) is 0 Å². The summed E-state index contributed by atoms with van der Waals surface area (Å²) in [6.45, 7) is -1.36. The maximum atomic E-state index is 10.9. The summed E-state index contributed by atoms with van der Waals surface area (Å²) in [7, 11) is 0. The van der Waals surface area contributed by atoms with Crippen LogP contribution in [-0.4, -0.2) is 19.1 Å². The van der Waals surface area contributed by atoms with Crippen molar-refractivity contribution in [1.82, 2.24) is 0 Å². The first-order valence-corrected chi connectivity index (χ1v) is 1.50. The third-order valence-electron chi connectivity index (χ3n) is 0.289. The fourth-order valence-corrected chi connectivity index (χ4v) is 0.0852. The van der Waals surface area contributed by atoms with Crippen molar-refractivity contribution in [3.05, 3.63) is 0 Å². The Morgan fingerprint density at radius 1 is 1.86 bits per heavy atom. The summed E-state index contributed by atoms with van der Waals surface area (Å²) in [5.74, 6) is -1.16. The van der Waals surface area contributed by atoms with Crippen molar-refractivity contribution in [2.75, 3.05) is 6.67 Å². The number of halogens is 1. The molecule has 0 aliphatic rings. The molecule has 0 radical (unpaired) electrons. The number of esters is 1. The first kappa shape index (κ1) is 6.07. The van der Waals surface area contributed by atoms with Gasteiger partial charge in [-0.1, -0.05) is 0 Å². The lowest BCUT2D eigenvalue weighted by molar-refractivity contribution is -0.152. The van der Waals surface area contributed by atoms with Gasteiger partial charge >= 0.3 is 12.4 Å². The largest absolute Gasteiger partial charge is 0.394 e. The highest BCUT2D eigenvalue weighted by molar-refractivity contribution is 5.77. The fraction of sp³-hybridized carbons (Fsp3) is 0.333. The monoisotopic (exact) mass is 106 g/mol. The number of carbonyl (C=O) groups excluding carboxylic acids is 2. The molecule has 0 aliphatic heterocycles. The summed E-state index contributed by atoms with van der Waals surface area (Å²) in [6, 6.07) is 0. The fourth-order valence-electron chi connectivity index (χ4n) is 0.0852. The number of carbonyl (C=O) groups is 2. The van der Waals surface area contributed by atoms with Crippen LogP contribution in [-0.2, 0) is 14.3 Å². The molecule has 0 unspecified atom stereocenters. The van der Waals surface area contributed by atoms with Crippen molar-refractivity contribution in [1.29, 1.82) is 0 Å². The molecule has 4 heteroatoms. The van der Waals surface area contributed by atoms with Crippen LogP contribution in [0.5, 0.6) is 0 Å². The Bertz CT molecular complexity index is 80.2. The number of hydrogen-bond acceptors (Lipinski definition) is 3. The van der Waals surface area contributed by atoms with Gasteiger partial charge in [0, 0.05) is 0 Å². The van der Waals surface area contributed by atoms with Crippen molar-refractivity contribution in [3.63, 3.8) is 0 Å². The number of ether oxygens (including phenoxy) is 1. The van der Waals surface area contributed by atoms with Crippen LogP contribution < -0.4 is 0 Å². The van der Waals surface area contributed by atoms with Crippen molar-refractivity contribution < 1.29 is 18.7 Å². The Kier molecular flexibility index (Phi) is 2.83. The molecule has 3 nitrogen and oxygen atoms in total. The quantitative estimate of drug-likeness (QED) is 0.274. The SMILES string of the molecule is O=COC(=O)CF. The average Bonchev–Trinajstić information content (AvgIpc) is 1.68. The lowest BCUT2D eigenvalue weighted by Crippen LogP contribution is -2.03. The lowest BCUT2D eigenvalue weighted by atomic mass is 10.8. The molecule has 0 N–H and O–H groups in total. The average molecular weight is 106 g/mol. The van der Waals surface area contributed by atoms with Crippen LogP contribution in [0.15, 0.2) is 0 Å². The standard InChI is InChI=1S/C3H3FO3/c4-1-3(6)7-2-5/h2H,1H2. The van der Waals surface area contributed by atoms with E-state index in [1.54, 1.807) is 0 Å². The van der Waals surface area contributed by atoms with Gasteiger partial charge in [0.15, 0.2) is 6.67 Å². The zero-order chi connectivity index (χ0) is 5.70. The van der Waals surface area contributed by atoms with E-state index in [9.17, 15) is 9.18 Å². The molecule has 0 aromatic carbocycles. The summed E-state index contributed by atoms with van der Waals surface area (Å²) in [5, 5.41) is 0. The van der Waals surface area contributed by atoms with E-state index in [2.05, 4.69) is 4.74 Å². The van der Waals surface area contributed by atoms with Gasteiger partial charge in [-0.2, -0.15) is 0 Å². The Morgan fingerprint density at radius 2 is 2.43 bits per heavy atom. The molecule has 7 heavy (non-hydrogen) atoms. The van der Waals surface area contributed by atoms with Crippen LogP contribution in [0.25, 0.3) is 0 Å². The predicted octanol–water partition coefficient (Wildman–Crippen LogP) is -0.345. The van der Waals surface area contributed by atoms with Crippen molar-refractivity contribution >= 4 is 12.4 Å². The first-order valence-electron chi connectivity index (χ1n) is 1.50. The second kappa shape index (κ2) is 3.27. The topological polar surface area (TPSA) is 43.4 Å². The molecular formula is C3H3FO3. The van der Waals surface area contributed by atoms with Gasteiger partial charge in [-0.05, 0) is 0 Å². The molecule has 0 aliphatic carbocycles. The molecule has 0 heterocycles. The Labute approximate surface area is 39.1 Å². The minimum absolute atomic E-state index is 0.109. The molecule has 0 atom stereocenters. The molecule has 0 bridgehead atoms. The van der Waals surface area contributed by atoms with Gasteiger partial charge in [0.25, 0.3) is 0 Å².